The minimum absolute atomic E-state index is 0.0783. The van der Waals surface area contributed by atoms with Gasteiger partial charge in [0.2, 0.25) is 0 Å². The zero-order valence-electron chi connectivity index (χ0n) is 15.8. The van der Waals surface area contributed by atoms with E-state index in [1.54, 1.807) is 0 Å². The van der Waals surface area contributed by atoms with Gasteiger partial charge in [-0.3, -0.25) is 4.79 Å². The van der Waals surface area contributed by atoms with Crippen LogP contribution in [0.15, 0.2) is 0 Å². The van der Waals surface area contributed by atoms with Crippen LogP contribution in [-0.2, 0) is 14.3 Å². The molecule has 0 aromatic heterocycles. The van der Waals surface area contributed by atoms with Crippen LogP contribution < -0.4 is 0 Å². The smallest absolute Gasteiger partial charge is 0.306 e. The molecule has 1 heterocycles. The van der Waals surface area contributed by atoms with Gasteiger partial charge in [0, 0.05) is 6.42 Å². The van der Waals surface area contributed by atoms with Crippen molar-refractivity contribution in [2.24, 2.45) is 0 Å². The molecule has 1 N–H and O–H groups in total. The highest BCUT2D eigenvalue weighted by Crippen LogP contribution is 2.31. The maximum Gasteiger partial charge on any atom is 0.306 e. The zero-order chi connectivity index (χ0) is 17.6. The summed E-state index contributed by atoms with van der Waals surface area (Å²) in [5.74, 6) is -0.173. The van der Waals surface area contributed by atoms with Crippen molar-refractivity contribution in [2.45, 2.75) is 116 Å². The first-order valence-corrected chi connectivity index (χ1v) is 10.2. The van der Waals surface area contributed by atoms with Gasteiger partial charge < -0.3 is 14.6 Å². The van der Waals surface area contributed by atoms with Crippen LogP contribution in [0, 0.1) is 0 Å². The van der Waals surface area contributed by atoms with E-state index in [0.29, 0.717) is 25.0 Å². The van der Waals surface area contributed by atoms with Gasteiger partial charge in [0.25, 0.3) is 0 Å². The Hall–Kier alpha value is -0.610. The average Bonchev–Trinajstić information content (AvgIpc) is 3.34. The lowest BCUT2D eigenvalue weighted by atomic mass is 10.0. The Labute approximate surface area is 148 Å². The van der Waals surface area contributed by atoms with Crippen LogP contribution in [0.2, 0.25) is 0 Å². The summed E-state index contributed by atoms with van der Waals surface area (Å²) in [6.45, 7) is 4.08. The molecule has 24 heavy (non-hydrogen) atoms. The molecule has 0 amide bonds. The quantitative estimate of drug-likeness (QED) is 0.249. The summed E-state index contributed by atoms with van der Waals surface area (Å²) in [6, 6.07) is 0. The molecular formula is C20H38O4. The molecule has 1 aliphatic heterocycles. The number of carbonyl (C=O) groups excluding carboxylic acids is 1. The number of unbranched alkanes of at least 4 members (excludes halogenated alkanes) is 7. The zero-order valence-corrected chi connectivity index (χ0v) is 15.8. The molecule has 0 spiro atoms. The standard InChI is InChI=1S/C20H38O4/c1-3-5-6-10-13-18-19(24-18)14-11-8-7-9-12-15-20(22)23-17(4-2)16-21/h17-19,21H,3-16H2,1-2H3. The van der Waals surface area contributed by atoms with Crippen LogP contribution in [0.1, 0.15) is 97.3 Å². The van der Waals surface area contributed by atoms with E-state index < -0.39 is 0 Å². The molecule has 1 rings (SSSR count). The molecule has 1 fully saturated rings. The Morgan fingerprint density at radius 3 is 2.12 bits per heavy atom. The minimum Gasteiger partial charge on any atom is -0.460 e. The van der Waals surface area contributed by atoms with Crippen molar-refractivity contribution in [2.75, 3.05) is 6.61 Å². The van der Waals surface area contributed by atoms with Crippen molar-refractivity contribution in [3.05, 3.63) is 0 Å². The van der Waals surface area contributed by atoms with E-state index in [-0.39, 0.29) is 18.7 Å². The van der Waals surface area contributed by atoms with Crippen molar-refractivity contribution >= 4 is 5.97 Å². The van der Waals surface area contributed by atoms with Crippen molar-refractivity contribution in [3.63, 3.8) is 0 Å². The van der Waals surface area contributed by atoms with Gasteiger partial charge in [0.1, 0.15) is 6.10 Å². The molecular weight excluding hydrogens is 304 g/mol. The van der Waals surface area contributed by atoms with Gasteiger partial charge in [0.15, 0.2) is 0 Å². The molecule has 4 nitrogen and oxygen atoms in total. The van der Waals surface area contributed by atoms with E-state index in [1.165, 1.54) is 57.8 Å². The van der Waals surface area contributed by atoms with Gasteiger partial charge in [-0.2, -0.15) is 0 Å². The van der Waals surface area contributed by atoms with Crippen LogP contribution >= 0.6 is 0 Å². The fraction of sp³-hybridized carbons (Fsp3) is 0.950. The molecule has 3 unspecified atom stereocenters. The van der Waals surface area contributed by atoms with Crippen LogP contribution in [0.3, 0.4) is 0 Å². The summed E-state index contributed by atoms with van der Waals surface area (Å²) in [5, 5.41) is 9.00. The van der Waals surface area contributed by atoms with Gasteiger partial charge >= 0.3 is 5.97 Å². The summed E-state index contributed by atoms with van der Waals surface area (Å²) in [7, 11) is 0. The number of aliphatic hydroxyl groups is 1. The summed E-state index contributed by atoms with van der Waals surface area (Å²) in [6.07, 6.45) is 15.3. The summed E-state index contributed by atoms with van der Waals surface area (Å²) >= 11 is 0. The predicted molar refractivity (Wildman–Crippen MR) is 97.0 cm³/mol. The van der Waals surface area contributed by atoms with E-state index >= 15 is 0 Å². The van der Waals surface area contributed by atoms with Gasteiger partial charge in [-0.1, -0.05) is 65.2 Å². The molecule has 3 atom stereocenters. The van der Waals surface area contributed by atoms with Gasteiger partial charge in [-0.15, -0.1) is 0 Å². The topological polar surface area (TPSA) is 59.1 Å². The molecule has 0 bridgehead atoms. The van der Waals surface area contributed by atoms with E-state index in [4.69, 9.17) is 14.6 Å². The Morgan fingerprint density at radius 1 is 0.958 bits per heavy atom. The highest BCUT2D eigenvalue weighted by atomic mass is 16.6. The molecule has 0 aliphatic carbocycles. The molecule has 0 radical (unpaired) electrons. The van der Waals surface area contributed by atoms with E-state index in [1.807, 2.05) is 6.92 Å². The first kappa shape index (κ1) is 21.4. The second-order valence-electron chi connectivity index (χ2n) is 7.07. The third-order valence-corrected chi connectivity index (χ3v) is 4.86. The Balaban J connectivity index is 1.84. The molecule has 4 heteroatoms. The third kappa shape index (κ3) is 10.3. The Kier molecular flexibility index (Phi) is 12.2. The number of hydrogen-bond donors (Lipinski definition) is 1. The van der Waals surface area contributed by atoms with E-state index in [2.05, 4.69) is 6.92 Å². The number of ether oxygens (including phenoxy) is 2. The summed E-state index contributed by atoms with van der Waals surface area (Å²) < 4.78 is 10.9. The minimum atomic E-state index is -0.328. The summed E-state index contributed by atoms with van der Waals surface area (Å²) in [4.78, 5) is 11.6. The second-order valence-corrected chi connectivity index (χ2v) is 7.07. The SMILES string of the molecule is CCCCCCC1OC1CCCCCCCC(=O)OC(CC)CO. The molecule has 142 valence electrons. The van der Waals surface area contributed by atoms with Crippen molar-refractivity contribution in [1.29, 1.82) is 0 Å². The van der Waals surface area contributed by atoms with Crippen molar-refractivity contribution in [1.82, 2.24) is 0 Å². The lowest BCUT2D eigenvalue weighted by Crippen LogP contribution is -2.20. The monoisotopic (exact) mass is 342 g/mol. The van der Waals surface area contributed by atoms with Gasteiger partial charge in [0.05, 0.1) is 18.8 Å². The number of esters is 1. The normalized spacial score (nSPS) is 20.8. The third-order valence-electron chi connectivity index (χ3n) is 4.86. The number of hydrogen-bond acceptors (Lipinski definition) is 4. The number of aliphatic hydroxyl groups excluding tert-OH is 1. The first-order valence-electron chi connectivity index (χ1n) is 10.2. The Bertz CT molecular complexity index is 315. The van der Waals surface area contributed by atoms with Crippen LogP contribution in [0.4, 0.5) is 0 Å². The van der Waals surface area contributed by atoms with Crippen LogP contribution in [0.5, 0.6) is 0 Å². The molecule has 0 aromatic rings. The average molecular weight is 343 g/mol. The number of rotatable bonds is 16. The van der Waals surface area contributed by atoms with Crippen LogP contribution in [-0.4, -0.2) is 36.0 Å². The van der Waals surface area contributed by atoms with Gasteiger partial charge in [-0.05, 0) is 25.7 Å². The molecule has 0 saturated carbocycles. The first-order chi connectivity index (χ1) is 11.7. The lowest BCUT2D eigenvalue weighted by Gasteiger charge is -2.12. The fourth-order valence-corrected chi connectivity index (χ4v) is 3.10. The molecule has 0 aromatic carbocycles. The van der Waals surface area contributed by atoms with Crippen molar-refractivity contribution < 1.29 is 19.4 Å². The van der Waals surface area contributed by atoms with E-state index in [0.717, 1.165) is 12.8 Å². The molecule has 1 saturated heterocycles. The van der Waals surface area contributed by atoms with Crippen molar-refractivity contribution in [3.8, 4) is 0 Å². The number of epoxide rings is 1. The highest BCUT2D eigenvalue weighted by molar-refractivity contribution is 5.69. The number of carbonyl (C=O) groups is 1. The van der Waals surface area contributed by atoms with E-state index in [9.17, 15) is 4.79 Å². The van der Waals surface area contributed by atoms with Crippen LogP contribution in [0.25, 0.3) is 0 Å². The maximum absolute atomic E-state index is 11.6. The highest BCUT2D eigenvalue weighted by Gasteiger charge is 2.36. The second kappa shape index (κ2) is 13.7. The van der Waals surface area contributed by atoms with Gasteiger partial charge in [-0.25, -0.2) is 0 Å². The lowest BCUT2D eigenvalue weighted by molar-refractivity contribution is -0.151. The summed E-state index contributed by atoms with van der Waals surface area (Å²) in [5.41, 5.74) is 0. The predicted octanol–water partition coefficient (Wildman–Crippen LogP) is 4.77. The maximum atomic E-state index is 11.6. The Morgan fingerprint density at radius 2 is 1.54 bits per heavy atom. The molecule has 1 aliphatic rings. The fourth-order valence-electron chi connectivity index (χ4n) is 3.10. The largest absolute Gasteiger partial charge is 0.460 e.